The Labute approximate surface area is 109 Å². The Balaban J connectivity index is 1.85. The molecule has 1 fully saturated rings. The van der Waals surface area contributed by atoms with Gasteiger partial charge in [-0.05, 0) is 36.3 Å². The Hall–Kier alpha value is -1.16. The highest BCUT2D eigenvalue weighted by Crippen LogP contribution is 2.34. The summed E-state index contributed by atoms with van der Waals surface area (Å²) in [6.45, 7) is 8.87. The SMILES string of the molecule is CC1(C)CCc2nnc(N3CCNCC3)cc2C1. The predicted molar refractivity (Wildman–Crippen MR) is 72.9 cm³/mol. The highest BCUT2D eigenvalue weighted by Gasteiger charge is 2.27. The van der Waals surface area contributed by atoms with Gasteiger partial charge in [0.25, 0.3) is 0 Å². The third-order valence-electron chi connectivity index (χ3n) is 4.10. The molecule has 1 aromatic rings. The first kappa shape index (κ1) is 11.9. The summed E-state index contributed by atoms with van der Waals surface area (Å²) in [5.41, 5.74) is 3.04. The molecule has 2 aliphatic rings. The maximum absolute atomic E-state index is 4.45. The molecule has 4 heteroatoms. The summed E-state index contributed by atoms with van der Waals surface area (Å²) in [4.78, 5) is 2.34. The molecule has 0 spiro atoms. The molecule has 4 nitrogen and oxygen atoms in total. The van der Waals surface area contributed by atoms with Crippen LogP contribution in [0.25, 0.3) is 0 Å². The zero-order valence-electron chi connectivity index (χ0n) is 11.4. The lowest BCUT2D eigenvalue weighted by Crippen LogP contribution is -2.44. The third-order valence-corrected chi connectivity index (χ3v) is 4.10. The summed E-state index contributed by atoms with van der Waals surface area (Å²) >= 11 is 0. The molecule has 0 atom stereocenters. The van der Waals surface area contributed by atoms with E-state index in [1.807, 2.05) is 0 Å². The van der Waals surface area contributed by atoms with Gasteiger partial charge >= 0.3 is 0 Å². The molecule has 1 aromatic heterocycles. The summed E-state index contributed by atoms with van der Waals surface area (Å²) in [6, 6.07) is 2.27. The van der Waals surface area contributed by atoms with Crippen LogP contribution in [0.4, 0.5) is 5.82 Å². The van der Waals surface area contributed by atoms with Gasteiger partial charge in [-0.2, -0.15) is 5.10 Å². The van der Waals surface area contributed by atoms with E-state index in [9.17, 15) is 0 Å². The number of rotatable bonds is 1. The van der Waals surface area contributed by atoms with Crippen molar-refractivity contribution in [2.45, 2.75) is 33.1 Å². The molecule has 0 unspecified atom stereocenters. The normalized spacial score (nSPS) is 22.7. The van der Waals surface area contributed by atoms with Crippen LogP contribution in [0.3, 0.4) is 0 Å². The topological polar surface area (TPSA) is 41.1 Å². The number of piperazine rings is 1. The second kappa shape index (κ2) is 4.50. The number of hydrogen-bond acceptors (Lipinski definition) is 4. The van der Waals surface area contributed by atoms with Crippen molar-refractivity contribution in [1.82, 2.24) is 15.5 Å². The second-order valence-corrected chi connectivity index (χ2v) is 6.25. The molecule has 3 rings (SSSR count). The standard InChI is InChI=1S/C14H22N4/c1-14(2)4-3-12-11(10-14)9-13(17-16-12)18-7-5-15-6-8-18/h9,15H,3-8,10H2,1-2H3. The number of aryl methyl sites for hydroxylation is 1. The molecule has 0 saturated carbocycles. The van der Waals surface area contributed by atoms with Crippen molar-refractivity contribution in [3.05, 3.63) is 17.3 Å². The minimum absolute atomic E-state index is 0.413. The average molecular weight is 246 g/mol. The Kier molecular flexibility index (Phi) is 2.98. The number of aromatic nitrogens is 2. The Morgan fingerprint density at radius 1 is 1.22 bits per heavy atom. The molecule has 1 aliphatic heterocycles. The summed E-state index contributed by atoms with van der Waals surface area (Å²) < 4.78 is 0. The molecule has 0 aromatic carbocycles. The summed E-state index contributed by atoms with van der Waals surface area (Å²) in [5, 5.41) is 12.2. The number of nitrogens with zero attached hydrogens (tertiary/aromatic N) is 3. The Bertz CT molecular complexity index is 435. The maximum atomic E-state index is 4.45. The van der Waals surface area contributed by atoms with E-state index in [0.717, 1.165) is 44.8 Å². The molecule has 0 amide bonds. The molecular formula is C14H22N4. The van der Waals surface area contributed by atoms with E-state index in [1.54, 1.807) is 0 Å². The van der Waals surface area contributed by atoms with Crippen molar-refractivity contribution in [2.75, 3.05) is 31.1 Å². The lowest BCUT2D eigenvalue weighted by atomic mass is 9.76. The summed E-state index contributed by atoms with van der Waals surface area (Å²) in [6.07, 6.45) is 3.44. The van der Waals surface area contributed by atoms with Crippen LogP contribution in [0.2, 0.25) is 0 Å². The zero-order valence-corrected chi connectivity index (χ0v) is 11.4. The van der Waals surface area contributed by atoms with E-state index in [-0.39, 0.29) is 0 Å². The molecule has 0 bridgehead atoms. The number of hydrogen-bond donors (Lipinski definition) is 1. The number of fused-ring (bicyclic) bond motifs is 1. The zero-order chi connectivity index (χ0) is 12.6. The second-order valence-electron chi connectivity index (χ2n) is 6.25. The van der Waals surface area contributed by atoms with Gasteiger partial charge in [-0.15, -0.1) is 5.10 Å². The van der Waals surface area contributed by atoms with Gasteiger partial charge in [-0.1, -0.05) is 13.8 Å². The number of nitrogens with one attached hydrogen (secondary N) is 1. The summed E-state index contributed by atoms with van der Waals surface area (Å²) in [7, 11) is 0. The third kappa shape index (κ3) is 2.34. The lowest BCUT2D eigenvalue weighted by Gasteiger charge is -2.32. The first-order chi connectivity index (χ1) is 8.64. The van der Waals surface area contributed by atoms with Crippen molar-refractivity contribution in [3.63, 3.8) is 0 Å². The van der Waals surface area contributed by atoms with E-state index in [2.05, 4.69) is 40.3 Å². The fraction of sp³-hybridized carbons (Fsp3) is 0.714. The van der Waals surface area contributed by atoms with E-state index in [0.29, 0.717) is 5.41 Å². The van der Waals surface area contributed by atoms with Crippen molar-refractivity contribution >= 4 is 5.82 Å². The quantitative estimate of drug-likeness (QED) is 0.813. The van der Waals surface area contributed by atoms with Crippen molar-refractivity contribution < 1.29 is 0 Å². The fourth-order valence-electron chi connectivity index (χ4n) is 2.92. The Morgan fingerprint density at radius 2 is 2.00 bits per heavy atom. The van der Waals surface area contributed by atoms with Gasteiger partial charge in [0.2, 0.25) is 0 Å². The van der Waals surface area contributed by atoms with E-state index >= 15 is 0 Å². The predicted octanol–water partition coefficient (Wildman–Crippen LogP) is 1.40. The molecule has 0 radical (unpaired) electrons. The van der Waals surface area contributed by atoms with Crippen LogP contribution in [0.1, 0.15) is 31.5 Å². The van der Waals surface area contributed by atoms with Gasteiger partial charge in [-0.25, -0.2) is 0 Å². The Morgan fingerprint density at radius 3 is 2.78 bits per heavy atom. The number of anilines is 1. The van der Waals surface area contributed by atoms with E-state index in [4.69, 9.17) is 0 Å². The van der Waals surface area contributed by atoms with Crippen LogP contribution in [-0.4, -0.2) is 36.4 Å². The van der Waals surface area contributed by atoms with Crippen LogP contribution in [-0.2, 0) is 12.8 Å². The van der Waals surface area contributed by atoms with Crippen LogP contribution >= 0.6 is 0 Å². The van der Waals surface area contributed by atoms with Crippen LogP contribution in [0.15, 0.2) is 6.07 Å². The molecular weight excluding hydrogens is 224 g/mol. The van der Waals surface area contributed by atoms with Crippen molar-refractivity contribution in [2.24, 2.45) is 5.41 Å². The molecule has 18 heavy (non-hydrogen) atoms. The highest BCUT2D eigenvalue weighted by molar-refractivity contribution is 5.43. The first-order valence-electron chi connectivity index (χ1n) is 6.95. The maximum Gasteiger partial charge on any atom is 0.151 e. The first-order valence-corrected chi connectivity index (χ1v) is 6.95. The van der Waals surface area contributed by atoms with Gasteiger partial charge in [0.15, 0.2) is 5.82 Å². The lowest BCUT2D eigenvalue weighted by molar-refractivity contribution is 0.311. The minimum atomic E-state index is 0.413. The van der Waals surface area contributed by atoms with E-state index in [1.165, 1.54) is 17.7 Å². The monoisotopic (exact) mass is 246 g/mol. The van der Waals surface area contributed by atoms with Crippen LogP contribution in [0, 0.1) is 5.41 Å². The highest BCUT2D eigenvalue weighted by atomic mass is 15.3. The molecule has 1 aliphatic carbocycles. The summed E-state index contributed by atoms with van der Waals surface area (Å²) in [5.74, 6) is 1.06. The molecule has 1 saturated heterocycles. The van der Waals surface area contributed by atoms with Gasteiger partial charge in [0.1, 0.15) is 0 Å². The fourth-order valence-corrected chi connectivity index (χ4v) is 2.92. The molecule has 98 valence electrons. The van der Waals surface area contributed by atoms with Crippen molar-refractivity contribution in [3.8, 4) is 0 Å². The van der Waals surface area contributed by atoms with Gasteiger partial charge in [0, 0.05) is 26.2 Å². The average Bonchev–Trinajstić information content (AvgIpc) is 2.38. The van der Waals surface area contributed by atoms with Gasteiger partial charge in [0.05, 0.1) is 5.69 Å². The minimum Gasteiger partial charge on any atom is -0.353 e. The van der Waals surface area contributed by atoms with Gasteiger partial charge in [-0.3, -0.25) is 0 Å². The van der Waals surface area contributed by atoms with Crippen molar-refractivity contribution in [1.29, 1.82) is 0 Å². The van der Waals surface area contributed by atoms with Crippen LogP contribution in [0.5, 0.6) is 0 Å². The molecule has 2 heterocycles. The van der Waals surface area contributed by atoms with Gasteiger partial charge < -0.3 is 10.2 Å². The molecule has 1 N–H and O–H groups in total. The van der Waals surface area contributed by atoms with Crippen LogP contribution < -0.4 is 10.2 Å². The smallest absolute Gasteiger partial charge is 0.151 e. The van der Waals surface area contributed by atoms with E-state index < -0.39 is 0 Å². The largest absolute Gasteiger partial charge is 0.353 e.